The number of aromatic nitrogens is 2. The third-order valence-electron chi connectivity index (χ3n) is 4.47. The van der Waals surface area contributed by atoms with E-state index in [1.165, 1.54) is 0 Å². The maximum atomic E-state index is 12.3. The molecule has 0 saturated heterocycles. The van der Waals surface area contributed by atoms with Gasteiger partial charge in [0, 0.05) is 12.0 Å². The molecule has 3 aromatic rings. The lowest BCUT2D eigenvalue weighted by molar-refractivity contribution is 0.144. The molecule has 1 aromatic heterocycles. The zero-order chi connectivity index (χ0) is 17.9. The second kappa shape index (κ2) is 6.93. The number of hydrogen-bond acceptors (Lipinski definition) is 4. The second-order valence-corrected chi connectivity index (χ2v) is 6.22. The number of rotatable bonds is 3. The minimum absolute atomic E-state index is 0.350. The normalized spacial score (nSPS) is 18.2. The molecule has 0 unspecified atom stereocenters. The fourth-order valence-corrected chi connectivity index (χ4v) is 3.20. The molecule has 1 aliphatic rings. The van der Waals surface area contributed by atoms with Crippen molar-refractivity contribution in [2.24, 2.45) is 0 Å². The van der Waals surface area contributed by atoms with Crippen molar-refractivity contribution in [2.45, 2.75) is 18.6 Å². The minimum atomic E-state index is -0.635. The van der Waals surface area contributed by atoms with Gasteiger partial charge >= 0.3 is 6.03 Å². The summed E-state index contributed by atoms with van der Waals surface area (Å²) in [4.78, 5) is 12.3. The number of anilines is 1. The molecule has 0 fully saturated rings. The van der Waals surface area contributed by atoms with Crippen LogP contribution in [0.3, 0.4) is 0 Å². The number of fused-ring (bicyclic) bond motifs is 1. The number of nitrogens with one attached hydrogen (secondary N) is 2. The average molecular weight is 346 g/mol. The monoisotopic (exact) mass is 346 g/mol. The molecule has 26 heavy (non-hydrogen) atoms. The molecule has 6 nitrogen and oxygen atoms in total. The van der Waals surface area contributed by atoms with Crippen molar-refractivity contribution in [1.29, 1.82) is 0 Å². The van der Waals surface area contributed by atoms with Crippen molar-refractivity contribution in [3.05, 3.63) is 77.9 Å². The summed E-state index contributed by atoms with van der Waals surface area (Å²) < 4.78 is 0. The number of aliphatic hydroxyl groups excluding tert-OH is 1. The van der Waals surface area contributed by atoms with Crippen molar-refractivity contribution in [3.63, 3.8) is 0 Å². The molecule has 2 atom stereocenters. The number of urea groups is 1. The maximum Gasteiger partial charge on any atom is 0.321 e. The molecule has 0 saturated carbocycles. The van der Waals surface area contributed by atoms with E-state index in [4.69, 9.17) is 0 Å². The number of carbonyl (C=O) groups excluding carboxylic acids is 1. The van der Waals surface area contributed by atoms with Crippen LogP contribution in [0.4, 0.5) is 10.6 Å². The summed E-state index contributed by atoms with van der Waals surface area (Å²) in [5.41, 5.74) is 3.69. The van der Waals surface area contributed by atoms with Crippen molar-refractivity contribution in [1.82, 2.24) is 15.5 Å². The van der Waals surface area contributed by atoms with Crippen molar-refractivity contribution in [2.75, 3.05) is 5.32 Å². The first kappa shape index (κ1) is 16.2. The minimum Gasteiger partial charge on any atom is -0.390 e. The molecular weight excluding hydrogens is 328 g/mol. The van der Waals surface area contributed by atoms with Gasteiger partial charge in [0.2, 0.25) is 0 Å². The average Bonchev–Trinajstić information content (AvgIpc) is 2.98. The first-order valence-electron chi connectivity index (χ1n) is 8.43. The molecule has 1 heterocycles. The highest BCUT2D eigenvalue weighted by molar-refractivity contribution is 5.88. The SMILES string of the molecule is O=C(Nc1ccc(-c2ccccc2)nn1)N[C@@H]1c2ccccc2C[C@@H]1O. The highest BCUT2D eigenvalue weighted by Gasteiger charge is 2.31. The van der Waals surface area contributed by atoms with E-state index in [-0.39, 0.29) is 0 Å². The van der Waals surface area contributed by atoms with Gasteiger partial charge in [0.1, 0.15) is 0 Å². The smallest absolute Gasteiger partial charge is 0.321 e. The Morgan fingerprint density at radius 2 is 1.73 bits per heavy atom. The molecule has 1 aliphatic carbocycles. The summed E-state index contributed by atoms with van der Waals surface area (Å²) in [6.07, 6.45) is -0.100. The molecule has 0 radical (unpaired) electrons. The molecule has 0 aliphatic heterocycles. The predicted octanol–water partition coefficient (Wildman–Crippen LogP) is 2.92. The van der Waals surface area contributed by atoms with Gasteiger partial charge in [0.25, 0.3) is 0 Å². The lowest BCUT2D eigenvalue weighted by Gasteiger charge is -2.18. The summed E-state index contributed by atoms with van der Waals surface area (Å²) >= 11 is 0. The van der Waals surface area contributed by atoms with E-state index >= 15 is 0 Å². The fraction of sp³-hybridized carbons (Fsp3) is 0.150. The first-order valence-corrected chi connectivity index (χ1v) is 8.43. The van der Waals surface area contributed by atoms with Gasteiger partial charge in [-0.1, -0.05) is 54.6 Å². The third-order valence-corrected chi connectivity index (χ3v) is 4.47. The summed E-state index contributed by atoms with van der Waals surface area (Å²) in [7, 11) is 0. The van der Waals surface area contributed by atoms with Crippen LogP contribution in [0.2, 0.25) is 0 Å². The van der Waals surface area contributed by atoms with E-state index in [0.717, 1.165) is 22.4 Å². The van der Waals surface area contributed by atoms with Crippen LogP contribution in [0.1, 0.15) is 17.2 Å². The molecular formula is C20H18N4O2. The Bertz CT molecular complexity index is 913. The van der Waals surface area contributed by atoms with Gasteiger partial charge in [-0.05, 0) is 23.3 Å². The van der Waals surface area contributed by atoms with Gasteiger partial charge in [0.05, 0.1) is 17.8 Å². The number of amides is 2. The van der Waals surface area contributed by atoms with Crippen LogP contribution in [0.5, 0.6) is 0 Å². The van der Waals surface area contributed by atoms with Gasteiger partial charge < -0.3 is 10.4 Å². The Morgan fingerprint density at radius 3 is 2.50 bits per heavy atom. The van der Waals surface area contributed by atoms with Crippen molar-refractivity contribution in [3.8, 4) is 11.3 Å². The van der Waals surface area contributed by atoms with Crippen molar-refractivity contribution < 1.29 is 9.90 Å². The predicted molar refractivity (Wildman–Crippen MR) is 98.5 cm³/mol. The van der Waals surface area contributed by atoms with E-state index < -0.39 is 18.2 Å². The molecule has 2 amide bonds. The number of carbonyl (C=O) groups is 1. The van der Waals surface area contributed by atoms with E-state index in [1.54, 1.807) is 12.1 Å². The number of nitrogens with zero attached hydrogens (tertiary/aromatic N) is 2. The van der Waals surface area contributed by atoms with Crippen LogP contribution in [0, 0.1) is 0 Å². The highest BCUT2D eigenvalue weighted by Crippen LogP contribution is 2.31. The Balaban J connectivity index is 1.42. The van der Waals surface area contributed by atoms with Crippen LogP contribution in [-0.4, -0.2) is 27.4 Å². The Kier molecular flexibility index (Phi) is 4.33. The Morgan fingerprint density at radius 1 is 0.962 bits per heavy atom. The van der Waals surface area contributed by atoms with Crippen LogP contribution >= 0.6 is 0 Å². The van der Waals surface area contributed by atoms with Gasteiger partial charge in [-0.15, -0.1) is 10.2 Å². The van der Waals surface area contributed by atoms with E-state index in [0.29, 0.717) is 12.2 Å². The third kappa shape index (κ3) is 3.27. The number of aliphatic hydroxyl groups is 1. The summed E-state index contributed by atoms with van der Waals surface area (Å²) in [6.45, 7) is 0. The van der Waals surface area contributed by atoms with Gasteiger partial charge in [-0.2, -0.15) is 0 Å². The molecule has 3 N–H and O–H groups in total. The maximum absolute atomic E-state index is 12.3. The quantitative estimate of drug-likeness (QED) is 0.680. The van der Waals surface area contributed by atoms with Crippen molar-refractivity contribution >= 4 is 11.8 Å². The van der Waals surface area contributed by atoms with Crippen LogP contribution < -0.4 is 10.6 Å². The van der Waals surface area contributed by atoms with Gasteiger partial charge in [-0.25, -0.2) is 4.79 Å². The topological polar surface area (TPSA) is 87.1 Å². The molecule has 130 valence electrons. The highest BCUT2D eigenvalue weighted by atomic mass is 16.3. The summed E-state index contributed by atoms with van der Waals surface area (Å²) in [5, 5.41) is 23.9. The molecule has 6 heteroatoms. The molecule has 0 bridgehead atoms. The molecule has 0 spiro atoms. The first-order chi connectivity index (χ1) is 12.7. The lowest BCUT2D eigenvalue weighted by atomic mass is 10.1. The number of benzene rings is 2. The largest absolute Gasteiger partial charge is 0.390 e. The van der Waals surface area contributed by atoms with Gasteiger partial charge in [0.15, 0.2) is 5.82 Å². The van der Waals surface area contributed by atoms with Crippen LogP contribution in [0.15, 0.2) is 66.7 Å². The lowest BCUT2D eigenvalue weighted by Crippen LogP contribution is -2.37. The van der Waals surface area contributed by atoms with Gasteiger partial charge in [-0.3, -0.25) is 5.32 Å². The van der Waals surface area contributed by atoms with Crippen LogP contribution in [0.25, 0.3) is 11.3 Å². The molecule has 2 aromatic carbocycles. The van der Waals surface area contributed by atoms with E-state index in [1.807, 2.05) is 54.6 Å². The second-order valence-electron chi connectivity index (χ2n) is 6.22. The van der Waals surface area contributed by atoms with Crippen LogP contribution in [-0.2, 0) is 6.42 Å². The Labute approximate surface area is 150 Å². The Hall–Kier alpha value is -3.25. The zero-order valence-corrected chi connectivity index (χ0v) is 14.0. The van der Waals surface area contributed by atoms with E-state index in [2.05, 4.69) is 20.8 Å². The number of hydrogen-bond donors (Lipinski definition) is 3. The fourth-order valence-electron chi connectivity index (χ4n) is 3.20. The standard InChI is InChI=1S/C20H18N4O2/c25-17-12-14-8-4-5-9-15(14)19(17)22-20(26)21-18-11-10-16(23-24-18)13-6-2-1-3-7-13/h1-11,17,19,25H,12H2,(H2,21,22,24,26)/t17-,19+/m0/s1. The summed E-state index contributed by atoms with van der Waals surface area (Å²) in [5.74, 6) is 0.350. The summed E-state index contributed by atoms with van der Waals surface area (Å²) in [6, 6.07) is 20.1. The van der Waals surface area contributed by atoms with E-state index in [9.17, 15) is 9.90 Å². The zero-order valence-electron chi connectivity index (χ0n) is 14.0. The molecule has 4 rings (SSSR count).